The number of ether oxygens (including phenoxy) is 6. The SMILES string of the molecule is C[C@H]1[C@H](C)CC[C@]2(C(=O)O)CC[C@]3(C(=O)O)C(=CC[C@@H]4[C@@]5(C)CC[C@H](O[C@@H]6O[C@H](CO[C@@H]7O[C@H](CO)[C@@H](O)[C@H](O)[C@H]7O)[C@@H](O)[C@H](O[C@H]7O[C@H](C)[C@H](O)[C@H](O)[C@H]7O)[C@H]6O)C(C)(C)[C@@H]5CC[C@]43C)[C@H]12. The van der Waals surface area contributed by atoms with Gasteiger partial charge in [0, 0.05) is 0 Å². The van der Waals surface area contributed by atoms with Gasteiger partial charge in [-0.1, -0.05) is 53.2 Å². The van der Waals surface area contributed by atoms with Crippen LogP contribution in [0.4, 0.5) is 0 Å². The molecule has 8 aliphatic rings. The van der Waals surface area contributed by atoms with E-state index in [1.807, 2.05) is 0 Å². The average Bonchev–Trinajstić information content (AvgIpc) is 3.27. The molecule has 3 saturated heterocycles. The highest BCUT2D eigenvalue weighted by atomic mass is 16.7. The fourth-order valence-corrected chi connectivity index (χ4v) is 15.4. The van der Waals surface area contributed by atoms with Crippen molar-refractivity contribution in [2.45, 2.75) is 204 Å². The first-order valence-electron chi connectivity index (χ1n) is 24.5. The third-order valence-corrected chi connectivity index (χ3v) is 19.5. The Labute approximate surface area is 391 Å². The summed E-state index contributed by atoms with van der Waals surface area (Å²) in [4.78, 5) is 27.3. The number of aliphatic hydroxyl groups is 9. The van der Waals surface area contributed by atoms with Crippen LogP contribution in [0.2, 0.25) is 0 Å². The van der Waals surface area contributed by atoms with E-state index in [0.717, 1.165) is 12.0 Å². The molecule has 25 atom stereocenters. The molecule has 11 N–H and O–H groups in total. The van der Waals surface area contributed by atoms with Gasteiger partial charge < -0.3 is 84.6 Å². The molecular formula is C48H76O19. The van der Waals surface area contributed by atoms with Crippen LogP contribution in [0.1, 0.15) is 106 Å². The van der Waals surface area contributed by atoms with E-state index in [2.05, 4.69) is 47.6 Å². The van der Waals surface area contributed by atoms with Crippen molar-refractivity contribution < 1.29 is 94.2 Å². The zero-order chi connectivity index (χ0) is 49.1. The Balaban J connectivity index is 1.06. The molecule has 0 aromatic heterocycles. The van der Waals surface area contributed by atoms with Crippen LogP contribution in [0.15, 0.2) is 11.6 Å². The Kier molecular flexibility index (Phi) is 14.0. The fourth-order valence-electron chi connectivity index (χ4n) is 15.4. The predicted octanol–water partition coefficient (Wildman–Crippen LogP) is 0.654. The van der Waals surface area contributed by atoms with E-state index in [1.54, 1.807) is 0 Å². The molecule has 0 aromatic rings. The van der Waals surface area contributed by atoms with Gasteiger partial charge >= 0.3 is 11.9 Å². The summed E-state index contributed by atoms with van der Waals surface area (Å²) in [5, 5.41) is 119. The third-order valence-electron chi connectivity index (χ3n) is 19.5. The smallest absolute Gasteiger partial charge is 0.314 e. The van der Waals surface area contributed by atoms with Gasteiger partial charge in [0.2, 0.25) is 0 Å². The highest BCUT2D eigenvalue weighted by molar-refractivity contribution is 5.84. The van der Waals surface area contributed by atoms with Crippen LogP contribution in [0, 0.1) is 56.7 Å². The summed E-state index contributed by atoms with van der Waals surface area (Å²) in [5.41, 5.74) is -3.12. The number of rotatable bonds is 10. The van der Waals surface area contributed by atoms with Gasteiger partial charge in [-0.15, -0.1) is 0 Å². The summed E-state index contributed by atoms with van der Waals surface area (Å²) in [6.45, 7) is 13.0. The normalized spacial score (nSPS) is 54.1. The van der Waals surface area contributed by atoms with Crippen molar-refractivity contribution in [3.8, 4) is 0 Å². The molecule has 0 bridgehead atoms. The Bertz CT molecular complexity index is 1860. The summed E-state index contributed by atoms with van der Waals surface area (Å²) in [6.07, 6.45) is -17.3. The van der Waals surface area contributed by atoms with Crippen molar-refractivity contribution in [3.05, 3.63) is 11.6 Å². The van der Waals surface area contributed by atoms with Crippen LogP contribution >= 0.6 is 0 Å². The van der Waals surface area contributed by atoms with E-state index in [1.165, 1.54) is 6.92 Å². The van der Waals surface area contributed by atoms with Crippen molar-refractivity contribution in [1.82, 2.24) is 0 Å². The zero-order valence-corrected chi connectivity index (χ0v) is 39.7. The van der Waals surface area contributed by atoms with Crippen LogP contribution in [-0.4, -0.2) is 180 Å². The lowest BCUT2D eigenvalue weighted by molar-refractivity contribution is -0.373. The maximum Gasteiger partial charge on any atom is 0.314 e. The van der Waals surface area contributed by atoms with Crippen molar-refractivity contribution in [2.75, 3.05) is 13.2 Å². The van der Waals surface area contributed by atoms with Crippen molar-refractivity contribution in [3.63, 3.8) is 0 Å². The fraction of sp³-hybridized carbons (Fsp3) is 0.917. The standard InChI is InChI=1S/C48H76O19/c1-20-10-15-47(42(58)59)16-17-48(43(60)61)23(29(47)21(20)2)8-9-27-45(6)13-12-28(44(4,5)26(45)11-14-46(27,48)7)66-41-37(57)38(67-40-36(56)33(53)30(50)22(3)63-40)32(52)25(65-41)19-62-39-35(55)34(54)31(51)24(18-49)64-39/h8,20-22,24-41,49-57H,9-19H2,1-7H3,(H,58,59)(H,60,61)/t20-,21+,22-,24-,25-,26+,27-,28+,29+,30+,31-,32-,33+,34+,35-,36-,37-,38+,39-,40-,41+,45+,46-,47+,48-/m1/s1. The van der Waals surface area contributed by atoms with Gasteiger partial charge in [-0.25, -0.2) is 0 Å². The molecule has 0 aromatic carbocycles. The largest absolute Gasteiger partial charge is 0.481 e. The van der Waals surface area contributed by atoms with Crippen molar-refractivity contribution >= 4 is 11.9 Å². The number of hydrogen-bond acceptors (Lipinski definition) is 17. The maximum atomic E-state index is 14.1. The Morgan fingerprint density at radius 1 is 0.657 bits per heavy atom. The lowest BCUT2D eigenvalue weighted by atomic mass is 9.33. The number of aliphatic hydroxyl groups excluding tert-OH is 9. The van der Waals surface area contributed by atoms with Gasteiger partial charge in [-0.3, -0.25) is 9.59 Å². The Hall–Kier alpha value is -1.92. The lowest BCUT2D eigenvalue weighted by Crippen LogP contribution is -2.68. The summed E-state index contributed by atoms with van der Waals surface area (Å²) in [6, 6.07) is 0. The predicted molar refractivity (Wildman–Crippen MR) is 231 cm³/mol. The second-order valence-electron chi connectivity index (χ2n) is 22.8. The van der Waals surface area contributed by atoms with Crippen LogP contribution < -0.4 is 0 Å². The van der Waals surface area contributed by atoms with E-state index >= 15 is 0 Å². The molecule has 67 heavy (non-hydrogen) atoms. The molecule has 0 radical (unpaired) electrons. The Morgan fingerprint density at radius 2 is 1.30 bits per heavy atom. The molecule has 3 aliphatic heterocycles. The minimum atomic E-state index is -1.79. The van der Waals surface area contributed by atoms with Crippen LogP contribution in [0.3, 0.4) is 0 Å². The molecule has 0 unspecified atom stereocenters. The highest BCUT2D eigenvalue weighted by Crippen LogP contribution is 2.76. The summed E-state index contributed by atoms with van der Waals surface area (Å²) >= 11 is 0. The molecule has 19 nitrogen and oxygen atoms in total. The van der Waals surface area contributed by atoms with Gasteiger partial charge in [-0.2, -0.15) is 0 Å². The van der Waals surface area contributed by atoms with Gasteiger partial charge in [0.15, 0.2) is 18.9 Å². The molecule has 8 rings (SSSR count). The lowest BCUT2D eigenvalue weighted by Gasteiger charge is -2.70. The monoisotopic (exact) mass is 956 g/mol. The highest BCUT2D eigenvalue weighted by Gasteiger charge is 2.73. The number of aliphatic carboxylic acids is 2. The summed E-state index contributed by atoms with van der Waals surface area (Å²) in [7, 11) is 0. The topological polar surface area (TPSA) is 312 Å². The minimum absolute atomic E-state index is 0.000566. The molecule has 0 spiro atoms. The third kappa shape index (κ3) is 7.79. The van der Waals surface area contributed by atoms with Crippen molar-refractivity contribution in [1.29, 1.82) is 0 Å². The van der Waals surface area contributed by atoms with E-state index in [9.17, 15) is 65.8 Å². The minimum Gasteiger partial charge on any atom is -0.481 e. The molecule has 382 valence electrons. The molecule has 5 aliphatic carbocycles. The number of hydrogen-bond donors (Lipinski definition) is 11. The number of carbonyl (C=O) groups is 2. The van der Waals surface area contributed by atoms with Crippen LogP contribution in [0.5, 0.6) is 0 Å². The zero-order valence-electron chi connectivity index (χ0n) is 39.7. The number of allylic oxidation sites excluding steroid dienone is 1. The van der Waals surface area contributed by atoms with Gasteiger partial charge in [0.25, 0.3) is 0 Å². The van der Waals surface area contributed by atoms with Crippen molar-refractivity contribution in [2.24, 2.45) is 56.7 Å². The van der Waals surface area contributed by atoms with Crippen LogP contribution in [0.25, 0.3) is 0 Å². The summed E-state index contributed by atoms with van der Waals surface area (Å²) < 4.78 is 36.0. The molecule has 4 saturated carbocycles. The van der Waals surface area contributed by atoms with Gasteiger partial charge in [0.05, 0.1) is 36.3 Å². The van der Waals surface area contributed by atoms with E-state index < -0.39 is 145 Å². The van der Waals surface area contributed by atoms with E-state index in [4.69, 9.17) is 28.4 Å². The van der Waals surface area contributed by atoms with Crippen LogP contribution in [-0.2, 0) is 38.0 Å². The first-order valence-corrected chi connectivity index (χ1v) is 24.5. The maximum absolute atomic E-state index is 14.1. The number of carboxylic acids is 2. The first-order chi connectivity index (χ1) is 31.3. The molecule has 19 heteroatoms. The first kappa shape index (κ1) is 51.4. The molecule has 3 heterocycles. The second kappa shape index (κ2) is 18.3. The van der Waals surface area contributed by atoms with Gasteiger partial charge in [0.1, 0.15) is 67.1 Å². The van der Waals surface area contributed by atoms with E-state index in [0.29, 0.717) is 44.9 Å². The van der Waals surface area contributed by atoms with Gasteiger partial charge in [-0.05, 0) is 111 Å². The number of carboxylic acid groups (broad SMARTS) is 2. The molecule has 7 fully saturated rings. The Morgan fingerprint density at radius 3 is 1.96 bits per heavy atom. The summed E-state index contributed by atoms with van der Waals surface area (Å²) in [5.74, 6) is -1.94. The van der Waals surface area contributed by atoms with E-state index in [-0.39, 0.29) is 41.4 Å². The second-order valence-corrected chi connectivity index (χ2v) is 22.8. The number of fused-ring (bicyclic) bond motifs is 7. The average molecular weight is 957 g/mol. The quantitative estimate of drug-likeness (QED) is 0.106. The molecule has 0 amide bonds. The molecular weight excluding hydrogens is 881 g/mol.